The summed E-state index contributed by atoms with van der Waals surface area (Å²) in [6.07, 6.45) is 7.53. The average molecular weight is 781 g/mol. The Morgan fingerprint density at radius 3 is 1.26 bits per heavy atom. The van der Waals surface area contributed by atoms with Crippen LogP contribution in [0.1, 0.15) is 67.2 Å². The number of carbonyl (C=O) groups excluding carboxylic acids is 2. The van der Waals surface area contributed by atoms with Crippen LogP contribution in [0.5, 0.6) is 0 Å². The molecule has 0 bridgehead atoms. The van der Waals surface area contributed by atoms with Gasteiger partial charge in [0.2, 0.25) is 0 Å². The minimum absolute atomic E-state index is 0.0559. The smallest absolute Gasteiger partial charge is 0.302 e. The van der Waals surface area contributed by atoms with Crippen molar-refractivity contribution >= 4 is 98.9 Å². The fraction of sp³-hybridized carbons (Fsp3) is 0.750. The van der Waals surface area contributed by atoms with Gasteiger partial charge in [0.25, 0.3) is 0 Å². The van der Waals surface area contributed by atoms with Crippen LogP contribution in [-0.4, -0.2) is 55.2 Å². The predicted molar refractivity (Wildman–Crippen MR) is 161 cm³/mol. The van der Waals surface area contributed by atoms with E-state index in [4.69, 9.17) is 32.7 Å². The number of allylic oxidation sites excluding steroid dienone is 2. The number of esters is 2. The molecule has 0 saturated heterocycles. The van der Waals surface area contributed by atoms with Crippen molar-refractivity contribution in [1.82, 2.24) is 0 Å². The lowest BCUT2D eigenvalue weighted by molar-refractivity contribution is -0.140. The molecule has 0 rings (SSSR count). The summed E-state index contributed by atoms with van der Waals surface area (Å²) in [5.74, 6) is 0.415. The molecular weight excluding hydrogens is 743 g/mol. The monoisotopic (exact) mass is 776 g/mol. The first-order valence-electron chi connectivity index (χ1n) is 10.9. The Hall–Kier alpha value is 0.920. The Morgan fingerprint density at radius 2 is 1.06 bits per heavy atom. The zero-order chi connectivity index (χ0) is 26.9. The topological polar surface area (TPSA) is 52.6 Å². The zero-order valence-electron chi connectivity index (χ0n) is 20.9. The van der Waals surface area contributed by atoms with E-state index < -0.39 is 0 Å². The highest BCUT2D eigenvalue weighted by molar-refractivity contribution is 9.13. The number of carbonyl (C=O) groups is 2. The maximum atomic E-state index is 10.6. The molecule has 0 radical (unpaired) electrons. The van der Waals surface area contributed by atoms with E-state index in [1.165, 1.54) is 13.8 Å². The lowest BCUT2D eigenvalue weighted by Gasteiger charge is -2.23. The van der Waals surface area contributed by atoms with Crippen molar-refractivity contribution < 1.29 is 19.1 Å². The summed E-state index contributed by atoms with van der Waals surface area (Å²) in [5.41, 5.74) is 2.21. The van der Waals surface area contributed by atoms with Crippen molar-refractivity contribution in [3.63, 3.8) is 0 Å². The summed E-state index contributed by atoms with van der Waals surface area (Å²) < 4.78 is 9.82. The van der Waals surface area contributed by atoms with Gasteiger partial charge in [-0.1, -0.05) is 74.9 Å². The third-order valence-corrected chi connectivity index (χ3v) is 10.8. The number of alkyl halides is 6. The first kappa shape index (κ1) is 37.1. The highest BCUT2D eigenvalue weighted by Crippen LogP contribution is 2.32. The van der Waals surface area contributed by atoms with Crippen LogP contribution >= 0.6 is 86.9 Å². The molecular formula is C24H38Br4Cl2O4. The standard InChI is InChI=1S/2C12H19Br2ClO2/c2*1-9(16)17-7-6-10(8-15)4-5-11(13)12(2,3)14/h2*6,11H,4-5,7-8H2,1-3H3/b10-6+;10-6-. The molecule has 0 heterocycles. The third kappa shape index (κ3) is 22.1. The molecule has 0 aromatic heterocycles. The van der Waals surface area contributed by atoms with Gasteiger partial charge < -0.3 is 9.47 Å². The molecule has 0 aromatic carbocycles. The molecule has 0 aliphatic rings. The zero-order valence-corrected chi connectivity index (χ0v) is 28.7. The Balaban J connectivity index is 0. The van der Waals surface area contributed by atoms with Gasteiger partial charge in [-0.15, -0.1) is 23.2 Å². The van der Waals surface area contributed by atoms with Crippen LogP contribution in [0.25, 0.3) is 0 Å². The highest BCUT2D eigenvalue weighted by Gasteiger charge is 2.24. The molecule has 10 heteroatoms. The summed E-state index contributed by atoms with van der Waals surface area (Å²) in [7, 11) is 0. The molecule has 0 spiro atoms. The van der Waals surface area contributed by atoms with Gasteiger partial charge in [-0.3, -0.25) is 9.59 Å². The average Bonchev–Trinajstić information content (AvgIpc) is 2.71. The second kappa shape index (κ2) is 20.0. The fourth-order valence-electron chi connectivity index (χ4n) is 2.31. The van der Waals surface area contributed by atoms with Gasteiger partial charge in [0, 0.05) is 43.9 Å². The van der Waals surface area contributed by atoms with Gasteiger partial charge in [0.1, 0.15) is 13.2 Å². The first-order valence-corrected chi connectivity index (χ1v) is 15.4. The van der Waals surface area contributed by atoms with Crippen LogP contribution < -0.4 is 0 Å². The number of rotatable bonds is 14. The van der Waals surface area contributed by atoms with E-state index in [9.17, 15) is 9.59 Å². The molecule has 0 fully saturated rings. The van der Waals surface area contributed by atoms with E-state index in [2.05, 4.69) is 91.4 Å². The van der Waals surface area contributed by atoms with Crippen molar-refractivity contribution in [2.75, 3.05) is 25.0 Å². The molecule has 0 N–H and O–H groups in total. The Kier molecular flexibility index (Phi) is 21.8. The highest BCUT2D eigenvalue weighted by atomic mass is 79.9. The quantitative estimate of drug-likeness (QED) is 0.101. The molecule has 0 amide bonds. The number of ether oxygens (including phenoxy) is 2. The molecule has 4 nitrogen and oxygen atoms in total. The molecule has 200 valence electrons. The summed E-state index contributed by atoms with van der Waals surface area (Å²) in [6.45, 7) is 11.9. The van der Waals surface area contributed by atoms with Gasteiger partial charge in [-0.05, 0) is 65.5 Å². The Morgan fingerprint density at radius 1 is 0.765 bits per heavy atom. The van der Waals surface area contributed by atoms with Crippen LogP contribution in [-0.2, 0) is 19.1 Å². The predicted octanol–water partition coefficient (Wildman–Crippen LogP) is 8.86. The van der Waals surface area contributed by atoms with Crippen LogP contribution in [0.15, 0.2) is 23.3 Å². The molecule has 0 aromatic rings. The van der Waals surface area contributed by atoms with Gasteiger partial charge in [0.05, 0.1) is 0 Å². The molecule has 2 atom stereocenters. The summed E-state index contributed by atoms with van der Waals surface area (Å²) in [6, 6.07) is 0. The molecule has 34 heavy (non-hydrogen) atoms. The summed E-state index contributed by atoms with van der Waals surface area (Å²) in [5, 5.41) is 0. The number of halogens is 6. The second-order valence-electron chi connectivity index (χ2n) is 8.74. The van der Waals surface area contributed by atoms with Crippen LogP contribution in [0, 0.1) is 0 Å². The van der Waals surface area contributed by atoms with Gasteiger partial charge in [-0.2, -0.15) is 0 Å². The lowest BCUT2D eigenvalue weighted by Crippen LogP contribution is -2.24. The van der Waals surface area contributed by atoms with Gasteiger partial charge in [0.15, 0.2) is 0 Å². The van der Waals surface area contributed by atoms with Gasteiger partial charge in [-0.25, -0.2) is 0 Å². The summed E-state index contributed by atoms with van der Waals surface area (Å²) >= 11 is 26.2. The van der Waals surface area contributed by atoms with E-state index in [1.807, 2.05) is 12.2 Å². The SMILES string of the molecule is CC(=O)OC/C=C(/CCl)CCC(Br)C(C)(C)Br.CC(=O)OC/C=C(\CCl)CCC(Br)C(C)(C)Br. The van der Waals surface area contributed by atoms with Crippen LogP contribution in [0.3, 0.4) is 0 Å². The lowest BCUT2D eigenvalue weighted by atomic mass is 10.0. The maximum absolute atomic E-state index is 10.6. The van der Waals surface area contributed by atoms with Crippen LogP contribution in [0.4, 0.5) is 0 Å². The first-order chi connectivity index (χ1) is 15.5. The number of hydrogen-bond donors (Lipinski definition) is 0. The van der Waals surface area contributed by atoms with Crippen molar-refractivity contribution in [1.29, 1.82) is 0 Å². The fourth-order valence-corrected chi connectivity index (χ4v) is 3.71. The summed E-state index contributed by atoms with van der Waals surface area (Å²) in [4.78, 5) is 22.0. The van der Waals surface area contributed by atoms with Crippen molar-refractivity contribution in [3.8, 4) is 0 Å². The molecule has 0 aliphatic heterocycles. The van der Waals surface area contributed by atoms with E-state index in [0.29, 0.717) is 34.6 Å². The Bertz CT molecular complexity index is 600. The van der Waals surface area contributed by atoms with E-state index in [0.717, 1.165) is 36.8 Å². The Labute approximate surface area is 249 Å². The minimum atomic E-state index is -0.268. The number of hydrogen-bond acceptors (Lipinski definition) is 4. The third-order valence-electron chi connectivity index (χ3n) is 4.59. The van der Waals surface area contributed by atoms with Crippen molar-refractivity contribution in [2.24, 2.45) is 0 Å². The van der Waals surface area contributed by atoms with Gasteiger partial charge >= 0.3 is 11.9 Å². The van der Waals surface area contributed by atoms with Crippen molar-refractivity contribution in [2.45, 2.75) is 85.5 Å². The van der Waals surface area contributed by atoms with Crippen molar-refractivity contribution in [3.05, 3.63) is 23.3 Å². The van der Waals surface area contributed by atoms with E-state index in [1.54, 1.807) is 0 Å². The molecule has 2 unspecified atom stereocenters. The largest absolute Gasteiger partial charge is 0.462 e. The maximum Gasteiger partial charge on any atom is 0.302 e. The second-order valence-corrected chi connectivity index (χ2v) is 15.6. The minimum Gasteiger partial charge on any atom is -0.462 e. The van der Waals surface area contributed by atoms with E-state index in [-0.39, 0.29) is 20.6 Å². The van der Waals surface area contributed by atoms with E-state index >= 15 is 0 Å². The molecule has 0 aliphatic carbocycles. The van der Waals surface area contributed by atoms with Crippen LogP contribution in [0.2, 0.25) is 0 Å². The normalized spacial score (nSPS) is 14.6. The molecule has 0 saturated carbocycles.